The minimum Gasteiger partial charge on any atom is -0.385 e. The number of benzene rings is 2. The van der Waals surface area contributed by atoms with Crippen molar-refractivity contribution in [3.63, 3.8) is 0 Å². The van der Waals surface area contributed by atoms with Crippen LogP contribution in [0.5, 0.6) is 0 Å². The fraction of sp³-hybridized carbons (Fsp3) is 0.273. The van der Waals surface area contributed by atoms with Gasteiger partial charge in [0.2, 0.25) is 5.91 Å². The Morgan fingerprint density at radius 1 is 1.11 bits per heavy atom. The summed E-state index contributed by atoms with van der Waals surface area (Å²) in [6.45, 7) is 1.99. The van der Waals surface area contributed by atoms with Gasteiger partial charge in [-0.15, -0.1) is 0 Å². The molecule has 3 rings (SSSR count). The summed E-state index contributed by atoms with van der Waals surface area (Å²) in [7, 11) is 1.79. The predicted molar refractivity (Wildman–Crippen MR) is 105 cm³/mol. The molecular weight excluding hydrogens is 338 g/mol. The predicted octanol–water partition coefficient (Wildman–Crippen LogP) is 2.73. The average Bonchev–Trinajstić information content (AvgIpc) is 3.09. The summed E-state index contributed by atoms with van der Waals surface area (Å²) in [5.74, 6) is -0.105. The Balaban J connectivity index is 1.77. The molecule has 5 heteroatoms. The summed E-state index contributed by atoms with van der Waals surface area (Å²) in [5, 5.41) is 18.1. The Hall–Kier alpha value is -2.92. The number of nitrogens with one attached hydrogen (secondary N) is 1. The van der Waals surface area contributed by atoms with Gasteiger partial charge in [-0.3, -0.25) is 9.48 Å². The highest BCUT2D eigenvalue weighted by Crippen LogP contribution is 2.20. The van der Waals surface area contributed by atoms with E-state index in [1.54, 1.807) is 24.0 Å². The molecule has 2 unspecified atom stereocenters. The lowest BCUT2D eigenvalue weighted by Crippen LogP contribution is -2.42. The molecule has 2 aromatic carbocycles. The van der Waals surface area contributed by atoms with Crippen molar-refractivity contribution in [3.05, 3.63) is 89.2 Å². The second-order valence-corrected chi connectivity index (χ2v) is 6.79. The van der Waals surface area contributed by atoms with E-state index in [0.717, 1.165) is 16.7 Å². The van der Waals surface area contributed by atoms with Crippen molar-refractivity contribution in [1.29, 1.82) is 0 Å². The maximum absolute atomic E-state index is 12.7. The molecule has 5 nitrogen and oxygen atoms in total. The van der Waals surface area contributed by atoms with E-state index in [4.69, 9.17) is 0 Å². The maximum atomic E-state index is 12.7. The summed E-state index contributed by atoms with van der Waals surface area (Å²) >= 11 is 0. The molecule has 1 amide bonds. The van der Waals surface area contributed by atoms with Crippen LogP contribution < -0.4 is 5.32 Å². The van der Waals surface area contributed by atoms with Crippen molar-refractivity contribution in [2.45, 2.75) is 31.9 Å². The normalized spacial score (nSPS) is 13.1. The minimum absolute atomic E-state index is 0.105. The highest BCUT2D eigenvalue weighted by Gasteiger charge is 2.25. The van der Waals surface area contributed by atoms with Crippen LogP contribution in [0.25, 0.3) is 0 Å². The average molecular weight is 363 g/mol. The van der Waals surface area contributed by atoms with E-state index < -0.39 is 12.1 Å². The Morgan fingerprint density at radius 3 is 2.48 bits per heavy atom. The maximum Gasteiger partial charge on any atom is 0.224 e. The number of aliphatic hydroxyl groups is 1. The monoisotopic (exact) mass is 363 g/mol. The summed E-state index contributed by atoms with van der Waals surface area (Å²) in [4.78, 5) is 12.7. The smallest absolute Gasteiger partial charge is 0.224 e. The third kappa shape index (κ3) is 4.83. The van der Waals surface area contributed by atoms with Gasteiger partial charge in [0, 0.05) is 13.2 Å². The van der Waals surface area contributed by atoms with Gasteiger partial charge in [0.15, 0.2) is 0 Å². The molecule has 2 N–H and O–H groups in total. The highest BCUT2D eigenvalue weighted by molar-refractivity contribution is 5.79. The number of carbonyl (C=O) groups is 1. The van der Waals surface area contributed by atoms with Gasteiger partial charge in [0.05, 0.1) is 18.2 Å². The molecule has 3 aromatic rings. The summed E-state index contributed by atoms with van der Waals surface area (Å²) < 4.78 is 1.64. The fourth-order valence-electron chi connectivity index (χ4n) is 3.23. The number of rotatable bonds is 7. The van der Waals surface area contributed by atoms with Gasteiger partial charge in [0.1, 0.15) is 6.10 Å². The molecule has 0 saturated carbocycles. The zero-order chi connectivity index (χ0) is 19.2. The summed E-state index contributed by atoms with van der Waals surface area (Å²) in [6, 6.07) is 19.0. The zero-order valence-corrected chi connectivity index (χ0v) is 15.7. The van der Waals surface area contributed by atoms with E-state index in [0.29, 0.717) is 12.1 Å². The van der Waals surface area contributed by atoms with Crippen molar-refractivity contribution in [3.8, 4) is 0 Å². The standard InChI is InChI=1S/C22H25N3O2/c1-16-8-6-7-11-18(16)15-21(26)24-19(14-17-9-4-3-5-10-17)22(27)20-12-13-23-25(20)2/h3-13,19,22,27H,14-15H2,1-2H3,(H,24,26). The van der Waals surface area contributed by atoms with Crippen molar-refractivity contribution < 1.29 is 9.90 Å². The number of hydrogen-bond donors (Lipinski definition) is 2. The van der Waals surface area contributed by atoms with E-state index >= 15 is 0 Å². The van der Waals surface area contributed by atoms with Crippen LogP contribution >= 0.6 is 0 Å². The molecule has 0 fully saturated rings. The van der Waals surface area contributed by atoms with E-state index in [9.17, 15) is 9.90 Å². The Labute approximate surface area is 159 Å². The molecule has 0 saturated heterocycles. The van der Waals surface area contributed by atoms with Crippen LogP contribution in [-0.4, -0.2) is 26.8 Å². The van der Waals surface area contributed by atoms with Crippen molar-refractivity contribution >= 4 is 5.91 Å². The summed E-state index contributed by atoms with van der Waals surface area (Å²) in [6.07, 6.45) is 1.62. The van der Waals surface area contributed by atoms with Crippen LogP contribution in [0, 0.1) is 6.92 Å². The van der Waals surface area contributed by atoms with Crippen LogP contribution in [0.3, 0.4) is 0 Å². The molecule has 0 bridgehead atoms. The molecule has 0 aliphatic carbocycles. The number of aromatic nitrogens is 2. The lowest BCUT2D eigenvalue weighted by Gasteiger charge is -2.25. The van der Waals surface area contributed by atoms with E-state index in [1.807, 2.05) is 61.5 Å². The molecule has 0 aliphatic heterocycles. The SMILES string of the molecule is Cc1ccccc1CC(=O)NC(Cc1ccccc1)C(O)c1ccnn1C. The minimum atomic E-state index is -0.849. The van der Waals surface area contributed by atoms with Crippen molar-refractivity contribution in [2.24, 2.45) is 7.05 Å². The zero-order valence-electron chi connectivity index (χ0n) is 15.7. The van der Waals surface area contributed by atoms with E-state index in [1.165, 1.54) is 0 Å². The topological polar surface area (TPSA) is 67.2 Å². The number of amides is 1. The fourth-order valence-corrected chi connectivity index (χ4v) is 3.23. The van der Waals surface area contributed by atoms with Crippen LogP contribution in [0.4, 0.5) is 0 Å². The highest BCUT2D eigenvalue weighted by atomic mass is 16.3. The molecule has 0 spiro atoms. The van der Waals surface area contributed by atoms with Crippen LogP contribution in [0.2, 0.25) is 0 Å². The van der Waals surface area contributed by atoms with E-state index in [-0.39, 0.29) is 12.3 Å². The number of carbonyl (C=O) groups excluding carboxylic acids is 1. The molecular formula is C22H25N3O2. The lowest BCUT2D eigenvalue weighted by molar-refractivity contribution is -0.122. The Bertz CT molecular complexity index is 889. The number of nitrogens with zero attached hydrogens (tertiary/aromatic N) is 2. The molecule has 140 valence electrons. The molecule has 0 aliphatic rings. The Morgan fingerprint density at radius 2 is 1.81 bits per heavy atom. The molecule has 2 atom stereocenters. The van der Waals surface area contributed by atoms with Gasteiger partial charge in [-0.1, -0.05) is 54.6 Å². The van der Waals surface area contributed by atoms with Gasteiger partial charge in [-0.25, -0.2) is 0 Å². The molecule has 27 heavy (non-hydrogen) atoms. The first-order valence-corrected chi connectivity index (χ1v) is 9.08. The Kier molecular flexibility index (Phi) is 6.04. The first-order chi connectivity index (χ1) is 13.0. The molecule has 0 radical (unpaired) electrons. The third-order valence-corrected chi connectivity index (χ3v) is 4.80. The van der Waals surface area contributed by atoms with Gasteiger partial charge in [-0.2, -0.15) is 5.10 Å². The second-order valence-electron chi connectivity index (χ2n) is 6.79. The van der Waals surface area contributed by atoms with Gasteiger partial charge in [0.25, 0.3) is 0 Å². The van der Waals surface area contributed by atoms with Crippen molar-refractivity contribution in [2.75, 3.05) is 0 Å². The first-order valence-electron chi connectivity index (χ1n) is 9.08. The van der Waals surface area contributed by atoms with E-state index in [2.05, 4.69) is 10.4 Å². The number of aryl methyl sites for hydroxylation is 2. The molecule has 1 heterocycles. The quantitative estimate of drug-likeness (QED) is 0.678. The van der Waals surface area contributed by atoms with Gasteiger partial charge in [-0.05, 0) is 36.1 Å². The third-order valence-electron chi connectivity index (χ3n) is 4.80. The van der Waals surface area contributed by atoms with Gasteiger partial charge >= 0.3 is 0 Å². The second kappa shape index (κ2) is 8.64. The largest absolute Gasteiger partial charge is 0.385 e. The summed E-state index contributed by atoms with van der Waals surface area (Å²) in [5.41, 5.74) is 3.80. The number of hydrogen-bond acceptors (Lipinski definition) is 3. The van der Waals surface area contributed by atoms with Crippen LogP contribution in [0.1, 0.15) is 28.5 Å². The number of aliphatic hydroxyl groups excluding tert-OH is 1. The molecule has 1 aromatic heterocycles. The lowest BCUT2D eigenvalue weighted by atomic mass is 9.98. The van der Waals surface area contributed by atoms with Crippen LogP contribution in [0.15, 0.2) is 66.9 Å². The van der Waals surface area contributed by atoms with Gasteiger partial charge < -0.3 is 10.4 Å². The first kappa shape index (κ1) is 18.9. The van der Waals surface area contributed by atoms with Crippen LogP contribution in [-0.2, 0) is 24.7 Å². The van der Waals surface area contributed by atoms with Crippen molar-refractivity contribution in [1.82, 2.24) is 15.1 Å².